The van der Waals surface area contributed by atoms with E-state index in [4.69, 9.17) is 0 Å². The molecule has 3 aromatic carbocycles. The fourth-order valence-electron chi connectivity index (χ4n) is 2.93. The number of rotatable bonds is 4. The van der Waals surface area contributed by atoms with Gasteiger partial charge in [0.2, 0.25) is 0 Å². The Bertz CT molecular complexity index is 659. The summed E-state index contributed by atoms with van der Waals surface area (Å²) in [4.78, 5) is 12.5. The van der Waals surface area contributed by atoms with Crippen molar-refractivity contribution in [3.05, 3.63) is 91.0 Å². The van der Waals surface area contributed by atoms with E-state index in [0.29, 0.717) is 0 Å². The SMILES string of the molecule is O=C(O)[AsH](c1ccccc1)(c1ccccc1)c1ccccc1. The van der Waals surface area contributed by atoms with Crippen molar-refractivity contribution in [3.8, 4) is 0 Å². The van der Waals surface area contributed by atoms with Crippen molar-refractivity contribution in [2.75, 3.05) is 0 Å². The maximum atomic E-state index is 12.5. The molecule has 1 N–H and O–H groups in total. The summed E-state index contributed by atoms with van der Waals surface area (Å²) < 4.78 is 2.12. The summed E-state index contributed by atoms with van der Waals surface area (Å²) in [6.07, 6.45) is 0. The van der Waals surface area contributed by atoms with Crippen molar-refractivity contribution < 1.29 is 9.90 Å². The number of carbonyl (C=O) groups is 1. The quantitative estimate of drug-likeness (QED) is 0.731. The fraction of sp³-hybridized carbons (Fsp3) is 0. The minimum atomic E-state index is -3.74. The number of benzene rings is 3. The molecule has 0 fully saturated rings. The van der Waals surface area contributed by atoms with Gasteiger partial charge in [0, 0.05) is 0 Å². The zero-order chi connectivity index (χ0) is 15.4. The van der Waals surface area contributed by atoms with Gasteiger partial charge >= 0.3 is 132 Å². The Labute approximate surface area is 132 Å². The van der Waals surface area contributed by atoms with Gasteiger partial charge in [-0.15, -0.1) is 0 Å². The summed E-state index contributed by atoms with van der Waals surface area (Å²) in [7, 11) is 0. The number of carboxylic acid groups (broad SMARTS) is 1. The molecular weight excluding hydrogens is 335 g/mol. The standard InChI is InChI=1S/C19H17AsO2/c21-19(22)20(16-10-4-1-5-11-16,17-12-6-2-7-13-17)18-14-8-3-9-15-18/h1-15,20H,(H,21,22). The molecule has 0 saturated heterocycles. The van der Waals surface area contributed by atoms with Gasteiger partial charge in [0.1, 0.15) is 0 Å². The predicted molar refractivity (Wildman–Crippen MR) is 93.4 cm³/mol. The zero-order valence-electron chi connectivity index (χ0n) is 12.0. The van der Waals surface area contributed by atoms with Gasteiger partial charge < -0.3 is 0 Å². The van der Waals surface area contributed by atoms with E-state index in [1.165, 1.54) is 0 Å². The molecule has 2 nitrogen and oxygen atoms in total. The van der Waals surface area contributed by atoms with Gasteiger partial charge in [0.15, 0.2) is 0 Å². The molecule has 0 heterocycles. The molecule has 0 aliphatic rings. The van der Waals surface area contributed by atoms with E-state index in [-0.39, 0.29) is 0 Å². The molecule has 0 atom stereocenters. The topological polar surface area (TPSA) is 37.3 Å². The third-order valence-corrected chi connectivity index (χ3v) is 12.8. The van der Waals surface area contributed by atoms with Crippen LogP contribution in [-0.4, -0.2) is 23.4 Å². The minimum absolute atomic E-state index is 0.691. The van der Waals surface area contributed by atoms with Gasteiger partial charge in [-0.05, 0) is 0 Å². The van der Waals surface area contributed by atoms with Crippen LogP contribution in [0.25, 0.3) is 0 Å². The molecule has 3 aromatic rings. The van der Waals surface area contributed by atoms with Gasteiger partial charge in [0.05, 0.1) is 0 Å². The summed E-state index contributed by atoms with van der Waals surface area (Å²) >= 11 is -3.74. The summed E-state index contributed by atoms with van der Waals surface area (Å²) in [6, 6.07) is 29.0. The summed E-state index contributed by atoms with van der Waals surface area (Å²) in [5.74, 6) is 0. The zero-order valence-corrected chi connectivity index (χ0v) is 14.1. The first-order valence-corrected chi connectivity index (χ1v) is 11.4. The van der Waals surface area contributed by atoms with Crippen LogP contribution in [0.4, 0.5) is 4.79 Å². The van der Waals surface area contributed by atoms with E-state index in [1.54, 1.807) is 0 Å². The van der Waals surface area contributed by atoms with Crippen LogP contribution in [0.3, 0.4) is 0 Å². The van der Waals surface area contributed by atoms with Crippen molar-refractivity contribution in [2.24, 2.45) is 0 Å². The molecule has 3 heteroatoms. The van der Waals surface area contributed by atoms with E-state index >= 15 is 0 Å². The molecule has 0 aliphatic heterocycles. The Morgan fingerprint density at radius 1 is 0.591 bits per heavy atom. The van der Waals surface area contributed by atoms with Crippen LogP contribution in [0.5, 0.6) is 0 Å². The number of hydrogen-bond donors (Lipinski definition) is 1. The molecule has 0 bridgehead atoms. The maximum absolute atomic E-state index is 12.5. The van der Waals surface area contributed by atoms with E-state index in [0.717, 1.165) is 13.1 Å². The molecule has 3 rings (SSSR count). The summed E-state index contributed by atoms with van der Waals surface area (Å²) in [6.45, 7) is 0. The van der Waals surface area contributed by atoms with Gasteiger partial charge in [-0.2, -0.15) is 0 Å². The van der Waals surface area contributed by atoms with Crippen molar-refractivity contribution in [1.82, 2.24) is 0 Å². The fourth-order valence-corrected chi connectivity index (χ4v) is 10.9. The van der Waals surface area contributed by atoms with Gasteiger partial charge in [0.25, 0.3) is 0 Å². The van der Waals surface area contributed by atoms with Gasteiger partial charge in [-0.3, -0.25) is 0 Å². The van der Waals surface area contributed by atoms with Crippen LogP contribution >= 0.6 is 0 Å². The third-order valence-electron chi connectivity index (χ3n) is 3.94. The molecular formula is C19H17AsO2. The Hall–Kier alpha value is -2.31. The second-order valence-corrected chi connectivity index (χ2v) is 12.8. The van der Waals surface area contributed by atoms with Crippen LogP contribution in [0.1, 0.15) is 0 Å². The van der Waals surface area contributed by atoms with Crippen LogP contribution in [0, 0.1) is 0 Å². The predicted octanol–water partition coefficient (Wildman–Crippen LogP) is 2.15. The first-order chi connectivity index (χ1) is 10.8. The first-order valence-electron chi connectivity index (χ1n) is 7.16. The Morgan fingerprint density at radius 2 is 0.864 bits per heavy atom. The second-order valence-electron chi connectivity index (χ2n) is 5.15. The van der Waals surface area contributed by atoms with Crippen molar-refractivity contribution in [3.63, 3.8) is 0 Å². The van der Waals surface area contributed by atoms with Crippen LogP contribution in [-0.2, 0) is 0 Å². The monoisotopic (exact) mass is 352 g/mol. The first kappa shape index (κ1) is 14.6. The summed E-state index contributed by atoms with van der Waals surface area (Å²) in [5.41, 5.74) is 0. The molecule has 0 radical (unpaired) electrons. The Kier molecular flexibility index (Phi) is 4.13. The van der Waals surface area contributed by atoms with Crippen LogP contribution in [0.15, 0.2) is 91.0 Å². The normalized spacial score (nSPS) is 11.8. The van der Waals surface area contributed by atoms with E-state index < -0.39 is 18.3 Å². The summed E-state index contributed by atoms with van der Waals surface area (Å²) in [5, 5.41) is 10.3. The molecule has 0 unspecified atom stereocenters. The van der Waals surface area contributed by atoms with E-state index in [1.807, 2.05) is 91.0 Å². The van der Waals surface area contributed by atoms with Crippen LogP contribution in [0.2, 0.25) is 0 Å². The van der Waals surface area contributed by atoms with E-state index in [2.05, 4.69) is 0 Å². The van der Waals surface area contributed by atoms with Crippen molar-refractivity contribution in [1.29, 1.82) is 0 Å². The molecule has 110 valence electrons. The van der Waals surface area contributed by atoms with Gasteiger partial charge in [-0.25, -0.2) is 0 Å². The van der Waals surface area contributed by atoms with Crippen LogP contribution < -0.4 is 13.1 Å². The van der Waals surface area contributed by atoms with E-state index in [9.17, 15) is 9.90 Å². The Morgan fingerprint density at radius 3 is 1.09 bits per heavy atom. The third kappa shape index (κ3) is 2.36. The van der Waals surface area contributed by atoms with Crippen molar-refractivity contribution >= 4 is 31.4 Å². The molecule has 0 aliphatic carbocycles. The average Bonchev–Trinajstić information content (AvgIpc) is 2.58. The number of hydrogen-bond acceptors (Lipinski definition) is 1. The molecule has 0 spiro atoms. The molecule has 0 amide bonds. The average molecular weight is 352 g/mol. The Balaban J connectivity index is 2.37. The molecule has 0 aromatic heterocycles. The second kappa shape index (κ2) is 6.21. The van der Waals surface area contributed by atoms with Crippen molar-refractivity contribution in [2.45, 2.75) is 0 Å². The molecule has 22 heavy (non-hydrogen) atoms. The van der Waals surface area contributed by atoms with Gasteiger partial charge in [-0.1, -0.05) is 0 Å². The molecule has 0 saturated carbocycles.